The number of fused-ring (bicyclic) bond motifs is 1. The van der Waals surface area contributed by atoms with E-state index in [0.717, 1.165) is 22.7 Å². The number of imidazole rings is 1. The molecule has 0 radical (unpaired) electrons. The van der Waals surface area contributed by atoms with E-state index >= 15 is 0 Å². The maximum Gasteiger partial charge on any atom is 0.208 e. The smallest absolute Gasteiger partial charge is 0.208 e. The van der Waals surface area contributed by atoms with Gasteiger partial charge in [-0.25, -0.2) is 4.98 Å². The van der Waals surface area contributed by atoms with E-state index in [0.29, 0.717) is 11.4 Å². The van der Waals surface area contributed by atoms with Gasteiger partial charge in [-0.15, -0.1) is 0 Å². The van der Waals surface area contributed by atoms with Gasteiger partial charge in [-0.3, -0.25) is 4.21 Å². The van der Waals surface area contributed by atoms with E-state index in [1.807, 2.05) is 32.0 Å². The number of nitrogens with one attached hydrogen (secondary N) is 1. The summed E-state index contributed by atoms with van der Waals surface area (Å²) in [6.07, 6.45) is 3.83. The average molecular weight is 488 g/mol. The van der Waals surface area contributed by atoms with Gasteiger partial charge in [0.05, 0.1) is 17.6 Å². The SMILES string of the molecule is C=S(C)(=O)c1ccc2c(c1)nc(Nc1ccc(C)cc1)n2C/C(=C/C)c1cc(C)ccc1C.CC. The number of hydrogen-bond acceptors (Lipinski definition) is 3. The van der Waals surface area contributed by atoms with Gasteiger partial charge in [0.2, 0.25) is 5.95 Å². The molecule has 184 valence electrons. The minimum Gasteiger partial charge on any atom is -0.326 e. The number of rotatable bonds is 6. The largest absolute Gasteiger partial charge is 0.326 e. The molecule has 0 bridgehead atoms. The maximum absolute atomic E-state index is 12.6. The Morgan fingerprint density at radius 1 is 1.00 bits per heavy atom. The van der Waals surface area contributed by atoms with E-state index in [2.05, 4.69) is 92.0 Å². The van der Waals surface area contributed by atoms with Crippen LogP contribution in [0.2, 0.25) is 0 Å². The minimum atomic E-state index is -2.32. The molecule has 1 heterocycles. The third-order valence-corrected chi connectivity index (χ3v) is 7.19. The molecule has 0 amide bonds. The summed E-state index contributed by atoms with van der Waals surface area (Å²) in [6.45, 7) is 13.1. The molecule has 3 aromatic carbocycles. The first-order chi connectivity index (χ1) is 16.7. The molecule has 35 heavy (non-hydrogen) atoms. The molecule has 4 nitrogen and oxygen atoms in total. The molecule has 5 heteroatoms. The Balaban J connectivity index is 0.00000167. The normalized spacial score (nSPS) is 13.2. The number of allylic oxidation sites excluding steroid dienone is 2. The topological polar surface area (TPSA) is 46.9 Å². The van der Waals surface area contributed by atoms with E-state index in [-0.39, 0.29) is 0 Å². The lowest BCUT2D eigenvalue weighted by molar-refractivity contribution is 0.685. The summed E-state index contributed by atoms with van der Waals surface area (Å²) < 4.78 is 14.7. The molecule has 0 aliphatic carbocycles. The lowest BCUT2D eigenvalue weighted by atomic mass is 9.98. The van der Waals surface area contributed by atoms with Gasteiger partial charge in [-0.1, -0.05) is 61.4 Å². The van der Waals surface area contributed by atoms with Crippen molar-refractivity contribution in [1.29, 1.82) is 0 Å². The second kappa shape index (κ2) is 11.0. The minimum absolute atomic E-state index is 0.663. The van der Waals surface area contributed by atoms with Crippen molar-refractivity contribution >= 4 is 43.6 Å². The first-order valence-corrected chi connectivity index (χ1v) is 14.2. The van der Waals surface area contributed by atoms with Gasteiger partial charge in [-0.2, -0.15) is 0 Å². The predicted octanol–water partition coefficient (Wildman–Crippen LogP) is 7.54. The van der Waals surface area contributed by atoms with Crippen LogP contribution in [0.1, 0.15) is 43.0 Å². The molecule has 0 spiro atoms. The number of nitrogens with zero attached hydrogens (tertiary/aromatic N) is 2. The zero-order valence-corrected chi connectivity index (χ0v) is 22.8. The second-order valence-corrected chi connectivity index (χ2v) is 11.3. The summed E-state index contributed by atoms with van der Waals surface area (Å²) in [7, 11) is -2.32. The molecule has 0 saturated heterocycles. The molecule has 0 aliphatic heterocycles. The van der Waals surface area contributed by atoms with E-state index < -0.39 is 9.52 Å². The molecular formula is C30H37N3OS. The molecule has 4 aromatic rings. The van der Waals surface area contributed by atoms with Crippen LogP contribution in [-0.4, -0.2) is 25.9 Å². The van der Waals surface area contributed by atoms with Crippen molar-refractivity contribution < 1.29 is 4.21 Å². The fraction of sp³-hybridized carbons (Fsp3) is 0.267. The number of benzene rings is 3. The van der Waals surface area contributed by atoms with Crippen LogP contribution < -0.4 is 5.32 Å². The molecule has 0 saturated carbocycles. The molecule has 4 rings (SSSR count). The third kappa shape index (κ3) is 6.04. The fourth-order valence-corrected chi connectivity index (χ4v) is 4.70. The van der Waals surface area contributed by atoms with E-state index in [1.54, 1.807) is 6.26 Å². The lowest BCUT2D eigenvalue weighted by Gasteiger charge is -2.16. The molecule has 1 unspecified atom stereocenters. The van der Waals surface area contributed by atoms with Crippen molar-refractivity contribution in [2.75, 3.05) is 11.6 Å². The molecule has 1 atom stereocenters. The van der Waals surface area contributed by atoms with Crippen molar-refractivity contribution in [1.82, 2.24) is 9.55 Å². The van der Waals surface area contributed by atoms with Gasteiger partial charge in [0.25, 0.3) is 0 Å². The molecule has 1 aromatic heterocycles. The van der Waals surface area contributed by atoms with E-state index in [9.17, 15) is 4.21 Å². The van der Waals surface area contributed by atoms with Crippen molar-refractivity contribution in [2.24, 2.45) is 0 Å². The summed E-state index contributed by atoms with van der Waals surface area (Å²) in [6, 6.07) is 20.6. The van der Waals surface area contributed by atoms with Crippen LogP contribution in [0.15, 0.2) is 71.6 Å². The second-order valence-electron chi connectivity index (χ2n) is 8.80. The summed E-state index contributed by atoms with van der Waals surface area (Å²) in [4.78, 5) is 5.61. The van der Waals surface area contributed by atoms with Crippen molar-refractivity contribution in [2.45, 2.75) is 53.0 Å². The number of hydrogen-bond donors (Lipinski definition) is 1. The maximum atomic E-state index is 12.6. The average Bonchev–Trinajstić information content (AvgIpc) is 3.17. The van der Waals surface area contributed by atoms with Crippen LogP contribution in [0.5, 0.6) is 0 Å². The molecule has 0 fully saturated rings. The predicted molar refractivity (Wildman–Crippen MR) is 155 cm³/mol. The first-order valence-electron chi connectivity index (χ1n) is 12.0. The Morgan fingerprint density at radius 3 is 2.29 bits per heavy atom. The Bertz CT molecular complexity index is 1460. The highest BCUT2D eigenvalue weighted by Crippen LogP contribution is 2.29. The highest BCUT2D eigenvalue weighted by molar-refractivity contribution is 7.99. The van der Waals surface area contributed by atoms with Gasteiger partial charge >= 0.3 is 0 Å². The third-order valence-electron chi connectivity index (χ3n) is 5.94. The summed E-state index contributed by atoms with van der Waals surface area (Å²) in [5.74, 6) is 4.59. The fourth-order valence-electron chi connectivity index (χ4n) is 3.98. The van der Waals surface area contributed by atoms with Crippen LogP contribution in [0, 0.1) is 20.8 Å². The quantitative estimate of drug-likeness (QED) is 0.286. The van der Waals surface area contributed by atoms with Gasteiger partial charge in [0.15, 0.2) is 0 Å². The lowest BCUT2D eigenvalue weighted by Crippen LogP contribution is -2.07. The van der Waals surface area contributed by atoms with E-state index in [1.165, 1.54) is 27.8 Å². The summed E-state index contributed by atoms with van der Waals surface area (Å²) in [5, 5.41) is 3.49. The van der Waals surface area contributed by atoms with Crippen molar-refractivity contribution in [3.63, 3.8) is 0 Å². The molecule has 0 aliphatic rings. The zero-order valence-electron chi connectivity index (χ0n) is 22.0. The highest BCUT2D eigenvalue weighted by atomic mass is 32.2. The molecule has 1 N–H and O–H groups in total. The molecular weight excluding hydrogens is 450 g/mol. The van der Waals surface area contributed by atoms with Gasteiger partial charge in [-0.05, 0) is 90.1 Å². The van der Waals surface area contributed by atoms with Gasteiger partial charge < -0.3 is 9.88 Å². The van der Waals surface area contributed by atoms with Crippen molar-refractivity contribution in [3.8, 4) is 0 Å². The first kappa shape index (κ1) is 26.3. The highest BCUT2D eigenvalue weighted by Gasteiger charge is 2.16. The Labute approximate surface area is 210 Å². The number of aryl methyl sites for hydroxylation is 3. The van der Waals surface area contributed by atoms with Crippen LogP contribution >= 0.6 is 0 Å². The number of aromatic nitrogens is 2. The summed E-state index contributed by atoms with van der Waals surface area (Å²) in [5.41, 5.74) is 8.92. The van der Waals surface area contributed by atoms with Crippen molar-refractivity contribution in [3.05, 3.63) is 89.0 Å². The Hall–Kier alpha value is -3.31. The standard InChI is InChI=1S/C28H31N3OS.C2H6/c1-7-22(25-16-20(3)8-11-21(25)4)18-31-27-15-14-24(33(5,6)32)17-26(27)30-28(31)29-23-12-9-19(2)10-13-23;1-2/h7-17H,5,18H2,1-4,6H3,(H,29,30);1-2H3/b22-7-;. The van der Waals surface area contributed by atoms with Crippen LogP contribution in [0.25, 0.3) is 16.6 Å². The summed E-state index contributed by atoms with van der Waals surface area (Å²) >= 11 is 0. The van der Waals surface area contributed by atoms with Gasteiger partial charge in [0, 0.05) is 16.8 Å². The Morgan fingerprint density at radius 2 is 1.66 bits per heavy atom. The van der Waals surface area contributed by atoms with Gasteiger partial charge in [0.1, 0.15) is 0 Å². The number of anilines is 2. The van der Waals surface area contributed by atoms with Crippen LogP contribution in [-0.2, 0) is 16.1 Å². The zero-order chi connectivity index (χ0) is 25.8. The Kier molecular flexibility index (Phi) is 8.23. The van der Waals surface area contributed by atoms with Crippen LogP contribution in [0.4, 0.5) is 11.6 Å². The van der Waals surface area contributed by atoms with E-state index in [4.69, 9.17) is 4.98 Å². The van der Waals surface area contributed by atoms with Crippen LogP contribution in [0.3, 0.4) is 0 Å². The monoisotopic (exact) mass is 487 g/mol.